The van der Waals surface area contributed by atoms with Gasteiger partial charge in [-0.25, -0.2) is 0 Å². The zero-order chi connectivity index (χ0) is 19.4. The second kappa shape index (κ2) is 7.79. The molecule has 0 aliphatic heterocycles. The van der Waals surface area contributed by atoms with E-state index in [9.17, 15) is 14.9 Å². The number of anilines is 1. The van der Waals surface area contributed by atoms with E-state index in [1.807, 2.05) is 0 Å². The van der Waals surface area contributed by atoms with E-state index in [1.54, 1.807) is 36.4 Å². The highest BCUT2D eigenvalue weighted by Gasteiger charge is 2.16. The number of nitrogens with zero attached hydrogens (tertiary/aromatic N) is 3. The standard InChI is InChI=1S/C18H13ClN4O4/c1-27-17-9-8-16(21-22-17)11-2-4-12(5-3-11)20-18(24)14-10-13(23(25)26)6-7-15(14)19/h2-10H,1H3,(H,20,24). The molecule has 0 radical (unpaired) electrons. The van der Waals surface area contributed by atoms with Crippen molar-refractivity contribution in [2.75, 3.05) is 12.4 Å². The van der Waals surface area contributed by atoms with Crippen LogP contribution >= 0.6 is 11.6 Å². The zero-order valence-corrected chi connectivity index (χ0v) is 14.8. The highest BCUT2D eigenvalue weighted by atomic mass is 35.5. The summed E-state index contributed by atoms with van der Waals surface area (Å²) in [5, 5.41) is 21.6. The highest BCUT2D eigenvalue weighted by molar-refractivity contribution is 6.34. The van der Waals surface area contributed by atoms with E-state index in [-0.39, 0.29) is 16.3 Å². The quantitative estimate of drug-likeness (QED) is 0.526. The Labute approximate surface area is 158 Å². The van der Waals surface area contributed by atoms with E-state index in [4.69, 9.17) is 16.3 Å². The van der Waals surface area contributed by atoms with E-state index < -0.39 is 10.8 Å². The fourth-order valence-electron chi connectivity index (χ4n) is 2.31. The first-order valence-corrected chi connectivity index (χ1v) is 8.09. The summed E-state index contributed by atoms with van der Waals surface area (Å²) in [6.45, 7) is 0. The lowest BCUT2D eigenvalue weighted by Gasteiger charge is -2.08. The molecule has 2 aromatic carbocycles. The molecule has 8 nitrogen and oxygen atoms in total. The summed E-state index contributed by atoms with van der Waals surface area (Å²) in [5.74, 6) is -0.128. The number of hydrogen-bond acceptors (Lipinski definition) is 6. The van der Waals surface area contributed by atoms with Crippen LogP contribution in [0.5, 0.6) is 5.88 Å². The Morgan fingerprint density at radius 2 is 1.85 bits per heavy atom. The second-order valence-corrected chi connectivity index (χ2v) is 5.82. The lowest BCUT2D eigenvalue weighted by Crippen LogP contribution is -2.12. The molecule has 1 N–H and O–H groups in total. The molecule has 1 heterocycles. The summed E-state index contributed by atoms with van der Waals surface area (Å²) < 4.78 is 4.97. The maximum Gasteiger partial charge on any atom is 0.270 e. The maximum absolute atomic E-state index is 12.4. The summed E-state index contributed by atoms with van der Waals surface area (Å²) in [5.41, 5.74) is 1.77. The van der Waals surface area contributed by atoms with Crippen LogP contribution < -0.4 is 10.1 Å². The summed E-state index contributed by atoms with van der Waals surface area (Å²) in [6.07, 6.45) is 0. The van der Waals surface area contributed by atoms with Gasteiger partial charge in [0.25, 0.3) is 11.6 Å². The molecule has 9 heteroatoms. The van der Waals surface area contributed by atoms with Crippen LogP contribution in [0.1, 0.15) is 10.4 Å². The third kappa shape index (κ3) is 4.18. The topological polar surface area (TPSA) is 107 Å². The molecular weight excluding hydrogens is 372 g/mol. The largest absolute Gasteiger partial charge is 0.480 e. The van der Waals surface area contributed by atoms with Crippen molar-refractivity contribution in [3.8, 4) is 17.1 Å². The normalized spacial score (nSPS) is 10.3. The first-order chi connectivity index (χ1) is 13.0. The van der Waals surface area contributed by atoms with Gasteiger partial charge < -0.3 is 10.1 Å². The average Bonchev–Trinajstić information content (AvgIpc) is 2.68. The van der Waals surface area contributed by atoms with Crippen molar-refractivity contribution < 1.29 is 14.5 Å². The Hall–Kier alpha value is -3.52. The molecule has 3 rings (SSSR count). The molecule has 0 aliphatic carbocycles. The van der Waals surface area contributed by atoms with Gasteiger partial charge in [-0.05, 0) is 24.3 Å². The van der Waals surface area contributed by atoms with E-state index >= 15 is 0 Å². The number of hydrogen-bond donors (Lipinski definition) is 1. The van der Waals surface area contributed by atoms with Crippen molar-refractivity contribution in [3.63, 3.8) is 0 Å². The number of amides is 1. The van der Waals surface area contributed by atoms with Crippen molar-refractivity contribution in [1.82, 2.24) is 10.2 Å². The molecule has 0 bridgehead atoms. The highest BCUT2D eigenvalue weighted by Crippen LogP contribution is 2.24. The Morgan fingerprint density at radius 3 is 2.44 bits per heavy atom. The third-order valence-electron chi connectivity index (χ3n) is 3.69. The molecule has 0 atom stereocenters. The first kappa shape index (κ1) is 18.3. The predicted molar refractivity (Wildman–Crippen MR) is 100 cm³/mol. The molecule has 136 valence electrons. The number of rotatable bonds is 5. The van der Waals surface area contributed by atoms with Gasteiger partial charge in [0.05, 0.1) is 28.3 Å². The minimum absolute atomic E-state index is 0.0240. The van der Waals surface area contributed by atoms with Gasteiger partial charge in [-0.2, -0.15) is 0 Å². The summed E-state index contributed by atoms with van der Waals surface area (Å²) in [7, 11) is 1.51. The van der Waals surface area contributed by atoms with Gasteiger partial charge in [-0.3, -0.25) is 14.9 Å². The third-order valence-corrected chi connectivity index (χ3v) is 4.02. The van der Waals surface area contributed by atoms with E-state index in [2.05, 4.69) is 15.5 Å². The molecule has 0 saturated carbocycles. The first-order valence-electron chi connectivity index (χ1n) is 7.71. The number of carbonyl (C=O) groups excluding carboxylic acids is 1. The van der Waals surface area contributed by atoms with Crippen LogP contribution in [0, 0.1) is 10.1 Å². The van der Waals surface area contributed by atoms with Crippen molar-refractivity contribution in [2.24, 2.45) is 0 Å². The maximum atomic E-state index is 12.4. The Kier molecular flexibility index (Phi) is 5.28. The van der Waals surface area contributed by atoms with Gasteiger partial charge in [0.1, 0.15) is 0 Å². The van der Waals surface area contributed by atoms with Crippen molar-refractivity contribution >= 4 is 28.9 Å². The van der Waals surface area contributed by atoms with Crippen LogP contribution in [0.2, 0.25) is 5.02 Å². The minimum Gasteiger partial charge on any atom is -0.480 e. The van der Waals surface area contributed by atoms with Gasteiger partial charge in [0.15, 0.2) is 0 Å². The van der Waals surface area contributed by atoms with Crippen LogP contribution in [-0.4, -0.2) is 28.1 Å². The van der Waals surface area contributed by atoms with Crippen LogP contribution in [0.4, 0.5) is 11.4 Å². The second-order valence-electron chi connectivity index (χ2n) is 5.41. The number of non-ortho nitro benzene ring substituents is 1. The molecule has 3 aromatic rings. The van der Waals surface area contributed by atoms with Gasteiger partial charge in [0.2, 0.25) is 5.88 Å². The van der Waals surface area contributed by atoms with Crippen molar-refractivity contribution in [3.05, 3.63) is 75.3 Å². The van der Waals surface area contributed by atoms with Crippen molar-refractivity contribution in [2.45, 2.75) is 0 Å². The lowest BCUT2D eigenvalue weighted by molar-refractivity contribution is -0.384. The molecule has 1 amide bonds. The number of methoxy groups -OCH3 is 1. The van der Waals surface area contributed by atoms with Gasteiger partial charge in [-0.1, -0.05) is 23.7 Å². The fraction of sp³-hybridized carbons (Fsp3) is 0.0556. The van der Waals surface area contributed by atoms with Gasteiger partial charge >= 0.3 is 0 Å². The molecule has 27 heavy (non-hydrogen) atoms. The molecular formula is C18H13ClN4O4. The number of carbonyl (C=O) groups is 1. The number of ether oxygens (including phenoxy) is 1. The SMILES string of the molecule is COc1ccc(-c2ccc(NC(=O)c3cc([N+](=O)[O-])ccc3Cl)cc2)nn1. The summed E-state index contributed by atoms with van der Waals surface area (Å²) in [6, 6.07) is 14.1. The molecule has 0 aliphatic rings. The van der Waals surface area contributed by atoms with E-state index in [0.29, 0.717) is 17.3 Å². The molecule has 0 fully saturated rings. The number of halogens is 1. The molecule has 0 unspecified atom stereocenters. The predicted octanol–water partition coefficient (Wildman–Crippen LogP) is 3.97. The average molecular weight is 385 g/mol. The van der Waals surface area contributed by atoms with E-state index in [1.165, 1.54) is 19.2 Å². The number of nitro groups is 1. The molecule has 1 aromatic heterocycles. The van der Waals surface area contributed by atoms with Crippen LogP contribution in [0.3, 0.4) is 0 Å². The Balaban J connectivity index is 1.77. The lowest BCUT2D eigenvalue weighted by atomic mass is 10.1. The summed E-state index contributed by atoms with van der Waals surface area (Å²) in [4.78, 5) is 22.7. The van der Waals surface area contributed by atoms with Crippen LogP contribution in [0.25, 0.3) is 11.3 Å². The number of benzene rings is 2. The van der Waals surface area contributed by atoms with Crippen LogP contribution in [0.15, 0.2) is 54.6 Å². The fourth-order valence-corrected chi connectivity index (χ4v) is 2.51. The number of nitro benzene ring substituents is 1. The summed E-state index contributed by atoms with van der Waals surface area (Å²) >= 11 is 5.98. The number of aromatic nitrogens is 2. The monoisotopic (exact) mass is 384 g/mol. The Morgan fingerprint density at radius 1 is 1.11 bits per heavy atom. The molecule has 0 saturated heterocycles. The smallest absolute Gasteiger partial charge is 0.270 e. The van der Waals surface area contributed by atoms with Crippen LogP contribution in [-0.2, 0) is 0 Å². The van der Waals surface area contributed by atoms with Gasteiger partial charge in [-0.15, -0.1) is 10.2 Å². The van der Waals surface area contributed by atoms with E-state index in [0.717, 1.165) is 11.6 Å². The van der Waals surface area contributed by atoms with Crippen molar-refractivity contribution in [1.29, 1.82) is 0 Å². The molecule has 0 spiro atoms. The minimum atomic E-state index is -0.586. The Bertz CT molecular complexity index is 991. The number of nitrogens with one attached hydrogen (secondary N) is 1. The zero-order valence-electron chi connectivity index (χ0n) is 14.0. The van der Waals surface area contributed by atoms with Gasteiger partial charge in [0, 0.05) is 29.4 Å².